The Balaban J connectivity index is 1.91. The fraction of sp³-hybridized carbons (Fsp3) is 0.357. The van der Waals surface area contributed by atoms with Gasteiger partial charge < -0.3 is 5.11 Å². The van der Waals surface area contributed by atoms with E-state index in [0.717, 1.165) is 5.56 Å². The van der Waals surface area contributed by atoms with E-state index in [2.05, 4.69) is 9.88 Å². The number of hydrogen-bond acceptors (Lipinski definition) is 3. The highest BCUT2D eigenvalue weighted by Crippen LogP contribution is 2.25. The average Bonchev–Trinajstić information content (AvgIpc) is 2.31. The Morgan fingerprint density at radius 3 is 2.89 bits per heavy atom. The van der Waals surface area contributed by atoms with Gasteiger partial charge in [0.1, 0.15) is 5.82 Å². The maximum Gasteiger partial charge on any atom is 0.132 e. The van der Waals surface area contributed by atoms with Crippen molar-refractivity contribution in [1.29, 1.82) is 0 Å². The maximum atomic E-state index is 13.6. The molecule has 0 radical (unpaired) electrons. The molecule has 94 valence electrons. The van der Waals surface area contributed by atoms with E-state index in [9.17, 15) is 9.50 Å². The van der Waals surface area contributed by atoms with Crippen molar-refractivity contribution < 1.29 is 9.50 Å². The minimum atomic E-state index is -0.580. The summed E-state index contributed by atoms with van der Waals surface area (Å²) in [5.41, 5.74) is 1.13. The summed E-state index contributed by atoms with van der Waals surface area (Å²) in [6.45, 7) is 3.83. The zero-order valence-corrected chi connectivity index (χ0v) is 10.2. The van der Waals surface area contributed by atoms with Gasteiger partial charge in [0.15, 0.2) is 0 Å². The molecule has 0 unspecified atom stereocenters. The van der Waals surface area contributed by atoms with E-state index in [4.69, 9.17) is 0 Å². The summed E-state index contributed by atoms with van der Waals surface area (Å²) in [5.74, 6) is -0.238. The standard InChI is InChI=1S/C14H15FN2O/c1-14(18)8-17(9-14)7-10-4-5-12(15)11-3-2-6-16-13(10)11/h2-6,18H,7-9H2,1H3. The van der Waals surface area contributed by atoms with Gasteiger partial charge in [0, 0.05) is 31.2 Å². The number of likely N-dealkylation sites (tertiary alicyclic amines) is 1. The number of β-amino-alcohol motifs (C(OH)–C–C–N with tert-alkyl or cyclic N) is 1. The highest BCUT2D eigenvalue weighted by atomic mass is 19.1. The number of pyridine rings is 1. The summed E-state index contributed by atoms with van der Waals surface area (Å²) in [5, 5.41) is 10.3. The molecule has 1 saturated heterocycles. The SMILES string of the molecule is CC1(O)CN(Cc2ccc(F)c3cccnc23)C1. The van der Waals surface area contributed by atoms with E-state index in [1.807, 2.05) is 6.92 Å². The van der Waals surface area contributed by atoms with E-state index in [1.54, 1.807) is 24.4 Å². The molecule has 1 aliphatic rings. The van der Waals surface area contributed by atoms with Crippen molar-refractivity contribution in [2.45, 2.75) is 19.1 Å². The number of aromatic nitrogens is 1. The molecule has 3 rings (SSSR count). The molecule has 0 spiro atoms. The Hall–Kier alpha value is -1.52. The molecule has 0 bridgehead atoms. The van der Waals surface area contributed by atoms with Crippen molar-refractivity contribution in [2.75, 3.05) is 13.1 Å². The molecule has 1 aliphatic heterocycles. The molecule has 4 heteroatoms. The number of rotatable bonds is 2. The van der Waals surface area contributed by atoms with Crippen LogP contribution in [0.3, 0.4) is 0 Å². The van der Waals surface area contributed by atoms with E-state index in [-0.39, 0.29) is 5.82 Å². The van der Waals surface area contributed by atoms with Crippen LogP contribution >= 0.6 is 0 Å². The van der Waals surface area contributed by atoms with Gasteiger partial charge in [-0.1, -0.05) is 6.07 Å². The molecule has 3 nitrogen and oxygen atoms in total. The van der Waals surface area contributed by atoms with E-state index in [1.165, 1.54) is 6.07 Å². The van der Waals surface area contributed by atoms with Gasteiger partial charge in [-0.05, 0) is 30.7 Å². The summed E-state index contributed by atoms with van der Waals surface area (Å²) in [4.78, 5) is 6.39. The van der Waals surface area contributed by atoms with Crippen LogP contribution in [0.4, 0.5) is 4.39 Å². The smallest absolute Gasteiger partial charge is 0.132 e. The number of benzene rings is 1. The summed E-state index contributed by atoms with van der Waals surface area (Å²) < 4.78 is 13.6. The van der Waals surface area contributed by atoms with Crippen molar-refractivity contribution in [3.63, 3.8) is 0 Å². The summed E-state index contributed by atoms with van der Waals surface area (Å²) >= 11 is 0. The molecule has 1 N–H and O–H groups in total. The fourth-order valence-corrected chi connectivity index (χ4v) is 2.59. The molecule has 18 heavy (non-hydrogen) atoms. The van der Waals surface area contributed by atoms with Crippen molar-refractivity contribution in [2.24, 2.45) is 0 Å². The predicted molar refractivity (Wildman–Crippen MR) is 67.6 cm³/mol. The second kappa shape index (κ2) is 4.00. The molecule has 2 aromatic rings. The first-order chi connectivity index (χ1) is 8.55. The van der Waals surface area contributed by atoms with Crippen LogP contribution in [0, 0.1) is 5.82 Å². The molecular formula is C14H15FN2O. The molecule has 0 atom stereocenters. The third kappa shape index (κ3) is 1.98. The minimum Gasteiger partial charge on any atom is -0.388 e. The lowest BCUT2D eigenvalue weighted by Gasteiger charge is -2.44. The lowest BCUT2D eigenvalue weighted by Crippen LogP contribution is -2.59. The topological polar surface area (TPSA) is 36.4 Å². The van der Waals surface area contributed by atoms with Gasteiger partial charge in [-0.15, -0.1) is 0 Å². The Labute approximate surface area is 105 Å². The van der Waals surface area contributed by atoms with Crippen LogP contribution in [0.1, 0.15) is 12.5 Å². The quantitative estimate of drug-likeness (QED) is 0.879. The van der Waals surface area contributed by atoms with Gasteiger partial charge >= 0.3 is 0 Å². The number of nitrogens with zero attached hydrogens (tertiary/aromatic N) is 2. The second-order valence-corrected chi connectivity index (χ2v) is 5.25. The first-order valence-electron chi connectivity index (χ1n) is 6.02. The first kappa shape index (κ1) is 11.6. The molecule has 0 amide bonds. The highest BCUT2D eigenvalue weighted by molar-refractivity contribution is 5.82. The lowest BCUT2D eigenvalue weighted by molar-refractivity contribution is -0.0870. The highest BCUT2D eigenvalue weighted by Gasteiger charge is 2.36. The third-order valence-electron chi connectivity index (χ3n) is 3.32. The van der Waals surface area contributed by atoms with Crippen LogP contribution < -0.4 is 0 Å². The summed E-state index contributed by atoms with van der Waals surface area (Å²) in [6, 6.07) is 6.74. The Morgan fingerprint density at radius 2 is 2.17 bits per heavy atom. The van der Waals surface area contributed by atoms with E-state index < -0.39 is 5.60 Å². The molecule has 1 aromatic heterocycles. The van der Waals surface area contributed by atoms with Crippen LogP contribution in [0.2, 0.25) is 0 Å². The van der Waals surface area contributed by atoms with Gasteiger partial charge in [0.25, 0.3) is 0 Å². The van der Waals surface area contributed by atoms with Gasteiger partial charge in [0.05, 0.1) is 11.1 Å². The van der Waals surface area contributed by atoms with Gasteiger partial charge in [-0.25, -0.2) is 4.39 Å². The number of hydrogen-bond donors (Lipinski definition) is 1. The zero-order chi connectivity index (χ0) is 12.8. The average molecular weight is 246 g/mol. The normalized spacial score (nSPS) is 18.8. The molecular weight excluding hydrogens is 231 g/mol. The van der Waals surface area contributed by atoms with Gasteiger partial charge in [-0.2, -0.15) is 0 Å². The minimum absolute atomic E-state index is 0.238. The van der Waals surface area contributed by atoms with Gasteiger partial charge in [-0.3, -0.25) is 9.88 Å². The van der Waals surface area contributed by atoms with Crippen LogP contribution in [-0.4, -0.2) is 33.7 Å². The molecule has 1 aromatic carbocycles. The Morgan fingerprint density at radius 1 is 1.39 bits per heavy atom. The molecule has 1 fully saturated rings. The van der Waals surface area contributed by atoms with Crippen LogP contribution in [0.25, 0.3) is 10.9 Å². The monoisotopic (exact) mass is 246 g/mol. The van der Waals surface area contributed by atoms with E-state index in [0.29, 0.717) is 30.5 Å². The Kier molecular flexibility index (Phi) is 2.57. The summed E-state index contributed by atoms with van der Waals surface area (Å²) in [6.07, 6.45) is 1.68. The zero-order valence-electron chi connectivity index (χ0n) is 10.2. The van der Waals surface area contributed by atoms with Crippen molar-refractivity contribution in [3.05, 3.63) is 41.8 Å². The largest absolute Gasteiger partial charge is 0.388 e. The van der Waals surface area contributed by atoms with Gasteiger partial charge in [0.2, 0.25) is 0 Å². The number of fused-ring (bicyclic) bond motifs is 1. The molecule has 0 aliphatic carbocycles. The molecule has 2 heterocycles. The predicted octanol–water partition coefficient (Wildman–Crippen LogP) is 1.94. The van der Waals surface area contributed by atoms with Crippen LogP contribution in [0.15, 0.2) is 30.5 Å². The number of aliphatic hydroxyl groups is 1. The third-order valence-corrected chi connectivity index (χ3v) is 3.32. The molecule has 0 saturated carbocycles. The van der Waals surface area contributed by atoms with Crippen LogP contribution in [0.5, 0.6) is 0 Å². The van der Waals surface area contributed by atoms with Crippen molar-refractivity contribution in [1.82, 2.24) is 9.88 Å². The fourth-order valence-electron chi connectivity index (χ4n) is 2.59. The number of halogens is 1. The maximum absolute atomic E-state index is 13.6. The summed E-state index contributed by atoms with van der Waals surface area (Å²) in [7, 11) is 0. The van der Waals surface area contributed by atoms with E-state index >= 15 is 0 Å². The van der Waals surface area contributed by atoms with Crippen molar-refractivity contribution in [3.8, 4) is 0 Å². The lowest BCUT2D eigenvalue weighted by atomic mass is 9.96. The Bertz CT molecular complexity index is 589. The first-order valence-corrected chi connectivity index (χ1v) is 6.02. The van der Waals surface area contributed by atoms with Crippen LogP contribution in [-0.2, 0) is 6.54 Å². The van der Waals surface area contributed by atoms with Crippen molar-refractivity contribution >= 4 is 10.9 Å². The second-order valence-electron chi connectivity index (χ2n) is 5.25.